The molecule has 1 N–H and O–H groups in total. The van der Waals surface area contributed by atoms with E-state index in [0.29, 0.717) is 0 Å². The molecule has 0 aromatic rings. The number of nitrogens with one attached hydrogen (secondary N) is 1. The van der Waals surface area contributed by atoms with Gasteiger partial charge in [0.15, 0.2) is 0 Å². The Morgan fingerprint density at radius 3 is 2.65 bits per heavy atom. The van der Waals surface area contributed by atoms with E-state index < -0.39 is 0 Å². The first-order valence-electron chi connectivity index (χ1n) is 7.69. The molecule has 2 rings (SSSR count). The highest BCUT2D eigenvalue weighted by Gasteiger charge is 2.26. The average molecular weight is 238 g/mol. The Morgan fingerprint density at radius 2 is 1.82 bits per heavy atom. The highest BCUT2D eigenvalue weighted by Crippen LogP contribution is 2.26. The van der Waals surface area contributed by atoms with Crippen LogP contribution < -0.4 is 5.32 Å². The summed E-state index contributed by atoms with van der Waals surface area (Å²) in [5.41, 5.74) is 0. The van der Waals surface area contributed by atoms with Gasteiger partial charge in [0, 0.05) is 12.6 Å². The molecule has 17 heavy (non-hydrogen) atoms. The second-order valence-corrected chi connectivity index (χ2v) is 6.28. The van der Waals surface area contributed by atoms with Gasteiger partial charge >= 0.3 is 0 Å². The topological polar surface area (TPSA) is 15.3 Å². The SMILES string of the molecule is CNC1CCCCC1CN1CCCC(C)CC1. The van der Waals surface area contributed by atoms with Crippen LogP contribution in [0.4, 0.5) is 0 Å². The normalized spacial score (nSPS) is 36.7. The van der Waals surface area contributed by atoms with Crippen LogP contribution in [0.2, 0.25) is 0 Å². The molecule has 2 nitrogen and oxygen atoms in total. The third-order valence-electron chi connectivity index (χ3n) is 4.88. The van der Waals surface area contributed by atoms with Crippen LogP contribution >= 0.6 is 0 Å². The Kier molecular flexibility index (Phi) is 5.30. The van der Waals surface area contributed by atoms with Gasteiger partial charge in [-0.15, -0.1) is 0 Å². The maximum atomic E-state index is 3.54. The van der Waals surface area contributed by atoms with Gasteiger partial charge in [0.2, 0.25) is 0 Å². The minimum atomic E-state index is 0.782. The van der Waals surface area contributed by atoms with Crippen molar-refractivity contribution in [2.75, 3.05) is 26.7 Å². The molecule has 2 aliphatic rings. The third-order valence-corrected chi connectivity index (χ3v) is 4.88. The molecule has 2 fully saturated rings. The lowest BCUT2D eigenvalue weighted by molar-refractivity contribution is 0.174. The van der Waals surface area contributed by atoms with Gasteiger partial charge in [-0.2, -0.15) is 0 Å². The maximum absolute atomic E-state index is 3.54. The summed E-state index contributed by atoms with van der Waals surface area (Å²) in [7, 11) is 2.15. The van der Waals surface area contributed by atoms with E-state index in [1.54, 1.807) is 0 Å². The lowest BCUT2D eigenvalue weighted by atomic mass is 9.84. The fourth-order valence-electron chi connectivity index (χ4n) is 3.64. The van der Waals surface area contributed by atoms with Crippen LogP contribution in [0.1, 0.15) is 51.9 Å². The summed E-state index contributed by atoms with van der Waals surface area (Å²) in [6.07, 6.45) is 9.99. The van der Waals surface area contributed by atoms with E-state index in [0.717, 1.165) is 17.9 Å². The highest BCUT2D eigenvalue weighted by molar-refractivity contribution is 4.83. The highest BCUT2D eigenvalue weighted by atomic mass is 15.1. The molecule has 3 atom stereocenters. The van der Waals surface area contributed by atoms with Crippen LogP contribution in [0.3, 0.4) is 0 Å². The molecule has 100 valence electrons. The number of rotatable bonds is 3. The molecule has 0 aromatic heterocycles. The van der Waals surface area contributed by atoms with Crippen molar-refractivity contribution >= 4 is 0 Å². The first kappa shape index (κ1) is 13.4. The quantitative estimate of drug-likeness (QED) is 0.813. The molecular formula is C15H30N2. The fourth-order valence-corrected chi connectivity index (χ4v) is 3.64. The Bertz CT molecular complexity index is 217. The van der Waals surface area contributed by atoms with Gasteiger partial charge in [-0.25, -0.2) is 0 Å². The second kappa shape index (κ2) is 6.75. The molecule has 1 aliphatic carbocycles. The Balaban J connectivity index is 1.81. The van der Waals surface area contributed by atoms with Crippen molar-refractivity contribution in [1.82, 2.24) is 10.2 Å². The lowest BCUT2D eigenvalue weighted by Crippen LogP contribution is -2.43. The van der Waals surface area contributed by atoms with Crippen LogP contribution in [-0.2, 0) is 0 Å². The first-order valence-corrected chi connectivity index (χ1v) is 7.69. The van der Waals surface area contributed by atoms with Gasteiger partial charge in [0.25, 0.3) is 0 Å². The van der Waals surface area contributed by atoms with E-state index in [4.69, 9.17) is 0 Å². The summed E-state index contributed by atoms with van der Waals surface area (Å²) in [6.45, 7) is 6.45. The van der Waals surface area contributed by atoms with E-state index in [1.807, 2.05) is 0 Å². The monoisotopic (exact) mass is 238 g/mol. The number of nitrogens with zero attached hydrogens (tertiary/aromatic N) is 1. The van der Waals surface area contributed by atoms with Gasteiger partial charge in [0.1, 0.15) is 0 Å². The predicted molar refractivity (Wildman–Crippen MR) is 74.3 cm³/mol. The minimum absolute atomic E-state index is 0.782. The minimum Gasteiger partial charge on any atom is -0.317 e. The van der Waals surface area contributed by atoms with Gasteiger partial charge in [0.05, 0.1) is 0 Å². The summed E-state index contributed by atoms with van der Waals surface area (Å²) < 4.78 is 0. The molecule has 1 aliphatic heterocycles. The van der Waals surface area contributed by atoms with Crippen molar-refractivity contribution in [2.24, 2.45) is 11.8 Å². The molecular weight excluding hydrogens is 208 g/mol. The summed E-state index contributed by atoms with van der Waals surface area (Å²) in [6, 6.07) is 0.782. The van der Waals surface area contributed by atoms with Crippen molar-refractivity contribution < 1.29 is 0 Å². The Hall–Kier alpha value is -0.0800. The Labute approximate surface area is 107 Å². The van der Waals surface area contributed by atoms with Crippen molar-refractivity contribution in [3.63, 3.8) is 0 Å². The van der Waals surface area contributed by atoms with Crippen molar-refractivity contribution in [3.8, 4) is 0 Å². The molecule has 0 bridgehead atoms. The van der Waals surface area contributed by atoms with Crippen LogP contribution in [0.5, 0.6) is 0 Å². The third kappa shape index (κ3) is 3.96. The molecule has 0 spiro atoms. The Morgan fingerprint density at radius 1 is 1.00 bits per heavy atom. The van der Waals surface area contributed by atoms with Crippen molar-refractivity contribution in [2.45, 2.75) is 57.9 Å². The standard InChI is InChI=1S/C15H30N2/c1-13-6-5-10-17(11-9-13)12-14-7-3-4-8-15(14)16-2/h13-16H,3-12H2,1-2H3. The zero-order chi connectivity index (χ0) is 12.1. The summed E-state index contributed by atoms with van der Waals surface area (Å²) in [5, 5.41) is 3.54. The van der Waals surface area contributed by atoms with E-state index in [-0.39, 0.29) is 0 Å². The number of likely N-dealkylation sites (tertiary alicyclic amines) is 1. The molecule has 1 saturated carbocycles. The number of hydrogen-bond acceptors (Lipinski definition) is 2. The molecule has 0 aromatic carbocycles. The summed E-state index contributed by atoms with van der Waals surface area (Å²) in [5.74, 6) is 1.86. The smallest absolute Gasteiger partial charge is 0.0104 e. The lowest BCUT2D eigenvalue weighted by Gasteiger charge is -2.35. The molecule has 0 radical (unpaired) electrons. The molecule has 2 heteroatoms. The van der Waals surface area contributed by atoms with Gasteiger partial charge in [-0.3, -0.25) is 0 Å². The molecule has 1 saturated heterocycles. The second-order valence-electron chi connectivity index (χ2n) is 6.28. The fraction of sp³-hybridized carbons (Fsp3) is 1.00. The largest absolute Gasteiger partial charge is 0.317 e. The summed E-state index contributed by atoms with van der Waals surface area (Å²) >= 11 is 0. The van der Waals surface area contributed by atoms with Gasteiger partial charge in [-0.1, -0.05) is 19.8 Å². The van der Waals surface area contributed by atoms with Crippen LogP contribution in [0.25, 0.3) is 0 Å². The van der Waals surface area contributed by atoms with Gasteiger partial charge in [-0.05, 0) is 64.1 Å². The van der Waals surface area contributed by atoms with E-state index >= 15 is 0 Å². The average Bonchev–Trinajstić information content (AvgIpc) is 2.55. The molecule has 3 unspecified atom stereocenters. The first-order chi connectivity index (χ1) is 8.29. The van der Waals surface area contributed by atoms with E-state index in [2.05, 4.69) is 24.2 Å². The van der Waals surface area contributed by atoms with Crippen LogP contribution in [0, 0.1) is 11.8 Å². The van der Waals surface area contributed by atoms with Crippen molar-refractivity contribution in [3.05, 3.63) is 0 Å². The van der Waals surface area contributed by atoms with Crippen molar-refractivity contribution in [1.29, 1.82) is 0 Å². The van der Waals surface area contributed by atoms with Crippen LogP contribution in [0.15, 0.2) is 0 Å². The van der Waals surface area contributed by atoms with E-state index in [9.17, 15) is 0 Å². The maximum Gasteiger partial charge on any atom is 0.0104 e. The number of hydrogen-bond donors (Lipinski definition) is 1. The summed E-state index contributed by atoms with van der Waals surface area (Å²) in [4.78, 5) is 2.74. The zero-order valence-corrected chi connectivity index (χ0v) is 11.8. The van der Waals surface area contributed by atoms with Gasteiger partial charge < -0.3 is 10.2 Å². The molecule has 0 amide bonds. The predicted octanol–water partition coefficient (Wildman–Crippen LogP) is 2.89. The van der Waals surface area contributed by atoms with Crippen LogP contribution in [-0.4, -0.2) is 37.6 Å². The molecule has 1 heterocycles. The van der Waals surface area contributed by atoms with E-state index in [1.165, 1.54) is 64.6 Å². The zero-order valence-electron chi connectivity index (χ0n) is 11.8.